The van der Waals surface area contributed by atoms with Gasteiger partial charge in [-0.2, -0.15) is 4.98 Å². The van der Waals surface area contributed by atoms with Crippen LogP contribution in [0.25, 0.3) is 0 Å². The van der Waals surface area contributed by atoms with Gasteiger partial charge in [-0.15, -0.1) is 0 Å². The monoisotopic (exact) mass is 392 g/mol. The summed E-state index contributed by atoms with van der Waals surface area (Å²) in [7, 11) is 0. The average molecular weight is 393 g/mol. The molecule has 7 nitrogen and oxygen atoms in total. The summed E-state index contributed by atoms with van der Waals surface area (Å²) in [6, 6.07) is 2.06. The van der Waals surface area contributed by atoms with E-state index in [1.807, 2.05) is 6.92 Å². The minimum Gasteiger partial charge on any atom is -0.379 e. The molecule has 150 valence electrons. The molecule has 2 atom stereocenters. The molecule has 27 heavy (non-hydrogen) atoms. The molecule has 1 aromatic heterocycles. The number of hydrogen-bond donors (Lipinski definition) is 2. The van der Waals surface area contributed by atoms with Gasteiger partial charge in [0.1, 0.15) is 5.82 Å². The fraction of sp³-hybridized carbons (Fsp3) is 0.737. The van der Waals surface area contributed by atoms with E-state index in [0.717, 1.165) is 64.0 Å². The van der Waals surface area contributed by atoms with Gasteiger partial charge in [-0.05, 0) is 37.4 Å². The highest BCUT2D eigenvalue weighted by Crippen LogP contribution is 2.25. The van der Waals surface area contributed by atoms with Crippen molar-refractivity contribution in [3.05, 3.63) is 11.8 Å². The van der Waals surface area contributed by atoms with Gasteiger partial charge in [0.05, 0.1) is 13.2 Å². The van der Waals surface area contributed by atoms with E-state index in [9.17, 15) is 0 Å². The third-order valence-electron chi connectivity index (χ3n) is 5.08. The van der Waals surface area contributed by atoms with Crippen LogP contribution in [0.4, 0.5) is 11.8 Å². The number of rotatable bonds is 5. The highest BCUT2D eigenvalue weighted by atomic mass is 32.1. The van der Waals surface area contributed by atoms with Crippen molar-refractivity contribution in [2.24, 2.45) is 11.8 Å². The molecule has 2 saturated heterocycles. The minimum atomic E-state index is 0.569. The van der Waals surface area contributed by atoms with Crippen LogP contribution in [0.15, 0.2) is 6.07 Å². The van der Waals surface area contributed by atoms with Crippen LogP contribution in [0.1, 0.15) is 26.0 Å². The van der Waals surface area contributed by atoms with E-state index >= 15 is 0 Å². The lowest BCUT2D eigenvalue weighted by atomic mass is 9.92. The Kier molecular flexibility index (Phi) is 7.20. The lowest BCUT2D eigenvalue weighted by molar-refractivity contribution is 0.0389. The number of morpholine rings is 1. The zero-order chi connectivity index (χ0) is 19.2. The maximum Gasteiger partial charge on any atom is 0.231 e. The molecule has 0 saturated carbocycles. The van der Waals surface area contributed by atoms with E-state index in [0.29, 0.717) is 22.9 Å². The number of aryl methyl sites for hydroxylation is 1. The van der Waals surface area contributed by atoms with Crippen LogP contribution in [-0.4, -0.2) is 72.5 Å². The summed E-state index contributed by atoms with van der Waals surface area (Å²) in [5.74, 6) is 2.92. The summed E-state index contributed by atoms with van der Waals surface area (Å²) in [4.78, 5) is 14.0. The first-order valence-electron chi connectivity index (χ1n) is 9.95. The number of nitrogens with zero attached hydrogens (tertiary/aromatic N) is 4. The Morgan fingerprint density at radius 1 is 1.22 bits per heavy atom. The third kappa shape index (κ3) is 6.26. The molecular weight excluding hydrogens is 360 g/mol. The summed E-state index contributed by atoms with van der Waals surface area (Å²) < 4.78 is 5.37. The predicted molar refractivity (Wildman–Crippen MR) is 113 cm³/mol. The van der Waals surface area contributed by atoms with Crippen molar-refractivity contribution in [3.8, 4) is 0 Å². The minimum absolute atomic E-state index is 0.569. The van der Waals surface area contributed by atoms with Crippen molar-refractivity contribution in [3.63, 3.8) is 0 Å². The number of ether oxygens (including phenoxy) is 1. The van der Waals surface area contributed by atoms with Crippen LogP contribution < -0.4 is 15.5 Å². The lowest BCUT2D eigenvalue weighted by Crippen LogP contribution is -2.42. The van der Waals surface area contributed by atoms with Gasteiger partial charge in [0.2, 0.25) is 5.95 Å². The highest BCUT2D eigenvalue weighted by molar-refractivity contribution is 7.80. The standard InChI is InChI=1S/C19H32N6OS/c1-14-10-15(2)13-25(12-14)17-11-16(3)21-18(22-17)23-19(27)20-4-5-24-6-8-26-9-7-24/h11,14-15H,4-10,12-13H2,1-3H3,(H2,20,21,22,23,27)/t14-,15-/m1/s1. The Balaban J connectivity index is 1.53. The van der Waals surface area contributed by atoms with E-state index in [-0.39, 0.29) is 0 Å². The Morgan fingerprint density at radius 2 is 1.93 bits per heavy atom. The van der Waals surface area contributed by atoms with Crippen molar-refractivity contribution in [2.45, 2.75) is 27.2 Å². The third-order valence-corrected chi connectivity index (χ3v) is 5.32. The van der Waals surface area contributed by atoms with Crippen molar-refractivity contribution in [2.75, 3.05) is 62.7 Å². The first-order chi connectivity index (χ1) is 13.0. The highest BCUT2D eigenvalue weighted by Gasteiger charge is 2.23. The molecule has 1 aromatic rings. The molecule has 0 aromatic carbocycles. The number of nitrogens with one attached hydrogen (secondary N) is 2. The lowest BCUT2D eigenvalue weighted by Gasteiger charge is -2.36. The second kappa shape index (κ2) is 9.61. The van der Waals surface area contributed by atoms with Crippen LogP contribution in [0.5, 0.6) is 0 Å². The Hall–Kier alpha value is -1.51. The van der Waals surface area contributed by atoms with Gasteiger partial charge in [0.25, 0.3) is 0 Å². The van der Waals surface area contributed by atoms with Crippen molar-refractivity contribution < 1.29 is 4.74 Å². The summed E-state index contributed by atoms with van der Waals surface area (Å²) in [5, 5.41) is 6.98. The topological polar surface area (TPSA) is 65.6 Å². The summed E-state index contributed by atoms with van der Waals surface area (Å²) in [6.07, 6.45) is 1.28. The second-order valence-electron chi connectivity index (χ2n) is 7.88. The van der Waals surface area contributed by atoms with Crippen molar-refractivity contribution >= 4 is 29.1 Å². The van der Waals surface area contributed by atoms with Crippen LogP contribution in [0.2, 0.25) is 0 Å². The Bertz CT molecular complexity index is 627. The molecule has 2 fully saturated rings. The fourth-order valence-electron chi connectivity index (χ4n) is 3.92. The molecule has 2 N–H and O–H groups in total. The zero-order valence-electron chi connectivity index (χ0n) is 16.7. The second-order valence-corrected chi connectivity index (χ2v) is 8.29. The maximum atomic E-state index is 5.42. The summed E-state index contributed by atoms with van der Waals surface area (Å²) in [6.45, 7) is 14.1. The number of aromatic nitrogens is 2. The molecule has 0 bridgehead atoms. The van der Waals surface area contributed by atoms with E-state index in [1.54, 1.807) is 0 Å². The molecule has 0 radical (unpaired) electrons. The Labute approximate surface area is 167 Å². The molecule has 3 rings (SSSR count). The normalized spacial score (nSPS) is 23.9. The fourth-order valence-corrected chi connectivity index (χ4v) is 4.11. The van der Waals surface area contributed by atoms with Gasteiger partial charge in [0.15, 0.2) is 5.11 Å². The Morgan fingerprint density at radius 3 is 2.63 bits per heavy atom. The number of thiocarbonyl (C=S) groups is 1. The van der Waals surface area contributed by atoms with E-state index < -0.39 is 0 Å². The van der Waals surface area contributed by atoms with E-state index in [4.69, 9.17) is 21.9 Å². The van der Waals surface area contributed by atoms with Gasteiger partial charge in [-0.3, -0.25) is 4.90 Å². The molecule has 0 spiro atoms. The van der Waals surface area contributed by atoms with Gasteiger partial charge in [0, 0.05) is 51.0 Å². The molecule has 3 heterocycles. The summed E-state index contributed by atoms with van der Waals surface area (Å²) >= 11 is 5.42. The number of anilines is 2. The quantitative estimate of drug-likeness (QED) is 0.737. The van der Waals surface area contributed by atoms with Gasteiger partial charge in [-0.25, -0.2) is 4.98 Å². The first kappa shape index (κ1) is 20.2. The van der Waals surface area contributed by atoms with Gasteiger partial charge < -0.3 is 20.3 Å². The average Bonchev–Trinajstić information content (AvgIpc) is 2.61. The van der Waals surface area contributed by atoms with Crippen molar-refractivity contribution in [1.29, 1.82) is 0 Å². The SMILES string of the molecule is Cc1cc(N2C[C@H](C)C[C@@H](C)C2)nc(NC(=S)NCCN2CCOCC2)n1. The van der Waals surface area contributed by atoms with Crippen LogP contribution in [0, 0.1) is 18.8 Å². The number of piperidine rings is 1. The van der Waals surface area contributed by atoms with E-state index in [2.05, 4.69) is 45.3 Å². The summed E-state index contributed by atoms with van der Waals surface area (Å²) in [5.41, 5.74) is 0.949. The molecule has 0 aliphatic carbocycles. The molecule has 2 aliphatic rings. The number of hydrogen-bond acceptors (Lipinski definition) is 6. The zero-order valence-corrected chi connectivity index (χ0v) is 17.5. The van der Waals surface area contributed by atoms with Gasteiger partial charge in [-0.1, -0.05) is 13.8 Å². The predicted octanol–water partition coefficient (Wildman–Crippen LogP) is 1.89. The van der Waals surface area contributed by atoms with Gasteiger partial charge >= 0.3 is 0 Å². The van der Waals surface area contributed by atoms with E-state index in [1.165, 1.54) is 6.42 Å². The largest absolute Gasteiger partial charge is 0.379 e. The molecule has 2 aliphatic heterocycles. The van der Waals surface area contributed by atoms with Crippen LogP contribution in [-0.2, 0) is 4.74 Å². The van der Waals surface area contributed by atoms with Crippen molar-refractivity contribution in [1.82, 2.24) is 20.2 Å². The maximum absolute atomic E-state index is 5.42. The molecule has 0 unspecified atom stereocenters. The molecule has 8 heteroatoms. The molecular formula is C19H32N6OS. The molecule has 0 amide bonds. The first-order valence-corrected chi connectivity index (χ1v) is 10.4. The van der Waals surface area contributed by atoms with Crippen LogP contribution >= 0.6 is 12.2 Å². The van der Waals surface area contributed by atoms with Crippen LogP contribution in [0.3, 0.4) is 0 Å². The smallest absolute Gasteiger partial charge is 0.231 e.